The molecule has 0 saturated heterocycles. The van der Waals surface area contributed by atoms with Gasteiger partial charge in [-0.3, -0.25) is 9.20 Å². The Morgan fingerprint density at radius 3 is 2.90 bits per heavy atom. The van der Waals surface area contributed by atoms with Crippen molar-refractivity contribution in [3.05, 3.63) is 75.0 Å². The molecule has 0 fully saturated rings. The summed E-state index contributed by atoms with van der Waals surface area (Å²) in [6.07, 6.45) is 1.66. The zero-order chi connectivity index (χ0) is 14.8. The number of nitrogens with one attached hydrogen (secondary N) is 1. The number of nitrogens with zero attached hydrogens (tertiary/aromatic N) is 2. The lowest BCUT2D eigenvalue weighted by molar-refractivity contribution is 0.629. The van der Waals surface area contributed by atoms with Crippen molar-refractivity contribution in [2.24, 2.45) is 0 Å². The Kier molecular flexibility index (Phi) is 3.70. The minimum atomic E-state index is -0.359. The standard InChI is InChI=1S/C15H11BrFN3O/c16-10-4-5-13(12(17)7-10)18-9-11-8-15(21)20-6-2-1-3-14(20)19-11/h1-8,18H,9H2. The first-order valence-corrected chi connectivity index (χ1v) is 7.09. The van der Waals surface area contributed by atoms with Crippen molar-refractivity contribution in [1.82, 2.24) is 9.38 Å². The normalized spacial score (nSPS) is 10.8. The molecular weight excluding hydrogens is 337 g/mol. The molecule has 0 bridgehead atoms. The molecule has 0 saturated carbocycles. The first-order chi connectivity index (χ1) is 10.1. The predicted molar refractivity (Wildman–Crippen MR) is 82.9 cm³/mol. The van der Waals surface area contributed by atoms with E-state index >= 15 is 0 Å². The molecule has 6 heteroatoms. The zero-order valence-electron chi connectivity index (χ0n) is 10.9. The van der Waals surface area contributed by atoms with Gasteiger partial charge < -0.3 is 5.32 Å². The van der Waals surface area contributed by atoms with Gasteiger partial charge in [0.1, 0.15) is 11.5 Å². The molecule has 0 atom stereocenters. The summed E-state index contributed by atoms with van der Waals surface area (Å²) < 4.78 is 15.8. The van der Waals surface area contributed by atoms with Crippen LogP contribution >= 0.6 is 15.9 Å². The summed E-state index contributed by atoms with van der Waals surface area (Å²) in [5.41, 5.74) is 1.34. The highest BCUT2D eigenvalue weighted by molar-refractivity contribution is 9.10. The number of fused-ring (bicyclic) bond motifs is 1. The number of halogens is 2. The molecule has 0 aliphatic heterocycles. The van der Waals surface area contributed by atoms with Gasteiger partial charge in [0.25, 0.3) is 5.56 Å². The van der Waals surface area contributed by atoms with Crippen LogP contribution in [0.4, 0.5) is 10.1 Å². The number of anilines is 1. The lowest BCUT2D eigenvalue weighted by Gasteiger charge is -2.08. The van der Waals surface area contributed by atoms with E-state index in [0.29, 0.717) is 21.5 Å². The average Bonchev–Trinajstić information content (AvgIpc) is 2.46. The lowest BCUT2D eigenvalue weighted by Crippen LogP contribution is -2.16. The largest absolute Gasteiger partial charge is 0.377 e. The zero-order valence-corrected chi connectivity index (χ0v) is 12.5. The highest BCUT2D eigenvalue weighted by Gasteiger charge is 2.05. The second-order valence-corrected chi connectivity index (χ2v) is 5.41. The number of benzene rings is 1. The van der Waals surface area contributed by atoms with E-state index in [-0.39, 0.29) is 17.9 Å². The fourth-order valence-electron chi connectivity index (χ4n) is 2.01. The van der Waals surface area contributed by atoms with Gasteiger partial charge in [-0.15, -0.1) is 0 Å². The maximum atomic E-state index is 13.7. The number of aromatic nitrogens is 2. The minimum Gasteiger partial charge on any atom is -0.377 e. The van der Waals surface area contributed by atoms with E-state index in [1.165, 1.54) is 16.5 Å². The Hall–Kier alpha value is -2.21. The third-order valence-corrected chi connectivity index (χ3v) is 3.51. The smallest absolute Gasteiger partial charge is 0.258 e. The van der Waals surface area contributed by atoms with Crippen LogP contribution in [0.5, 0.6) is 0 Å². The Balaban J connectivity index is 1.87. The van der Waals surface area contributed by atoms with Crippen molar-refractivity contribution in [3.63, 3.8) is 0 Å². The van der Waals surface area contributed by atoms with Crippen LogP contribution in [0.3, 0.4) is 0 Å². The molecule has 0 radical (unpaired) electrons. The van der Waals surface area contributed by atoms with Crippen molar-refractivity contribution < 1.29 is 4.39 Å². The molecule has 1 aromatic carbocycles. The van der Waals surface area contributed by atoms with Crippen LogP contribution in [0, 0.1) is 5.82 Å². The van der Waals surface area contributed by atoms with Crippen LogP contribution < -0.4 is 10.9 Å². The third kappa shape index (κ3) is 2.95. The third-order valence-electron chi connectivity index (χ3n) is 3.02. The SMILES string of the molecule is O=c1cc(CNc2ccc(Br)cc2F)nc2ccccn12. The van der Waals surface area contributed by atoms with Crippen LogP contribution in [0.15, 0.2) is 57.9 Å². The summed E-state index contributed by atoms with van der Waals surface area (Å²) in [6, 6.07) is 11.5. The highest BCUT2D eigenvalue weighted by atomic mass is 79.9. The molecule has 3 rings (SSSR count). The van der Waals surface area contributed by atoms with Crippen LogP contribution in [0.2, 0.25) is 0 Å². The Morgan fingerprint density at radius 1 is 1.24 bits per heavy atom. The van der Waals surface area contributed by atoms with Gasteiger partial charge in [-0.2, -0.15) is 0 Å². The molecule has 0 aliphatic rings. The van der Waals surface area contributed by atoms with Crippen molar-refractivity contribution >= 4 is 27.3 Å². The van der Waals surface area contributed by atoms with Gasteiger partial charge in [0.05, 0.1) is 17.9 Å². The Morgan fingerprint density at radius 2 is 2.10 bits per heavy atom. The number of pyridine rings is 1. The fourth-order valence-corrected chi connectivity index (χ4v) is 2.35. The maximum Gasteiger partial charge on any atom is 0.258 e. The second-order valence-electron chi connectivity index (χ2n) is 4.49. The minimum absolute atomic E-state index is 0.159. The number of hydrogen-bond donors (Lipinski definition) is 1. The predicted octanol–water partition coefficient (Wildman–Crippen LogP) is 3.21. The summed E-state index contributed by atoms with van der Waals surface area (Å²) in [5, 5.41) is 2.94. The van der Waals surface area contributed by atoms with Crippen molar-refractivity contribution in [2.75, 3.05) is 5.32 Å². The van der Waals surface area contributed by atoms with Gasteiger partial charge in [-0.25, -0.2) is 9.37 Å². The van der Waals surface area contributed by atoms with Gasteiger partial charge in [-0.1, -0.05) is 22.0 Å². The van der Waals surface area contributed by atoms with E-state index in [9.17, 15) is 9.18 Å². The van der Waals surface area contributed by atoms with Crippen molar-refractivity contribution in [1.29, 1.82) is 0 Å². The first kappa shape index (κ1) is 13.8. The molecule has 2 heterocycles. The summed E-state index contributed by atoms with van der Waals surface area (Å²) in [7, 11) is 0. The van der Waals surface area contributed by atoms with Crippen molar-refractivity contribution in [3.8, 4) is 0 Å². The van der Waals surface area contributed by atoms with Gasteiger partial charge in [0, 0.05) is 16.7 Å². The van der Waals surface area contributed by atoms with E-state index < -0.39 is 0 Å². The Bertz CT molecular complexity index is 863. The molecule has 4 nitrogen and oxygen atoms in total. The first-order valence-electron chi connectivity index (χ1n) is 6.30. The van der Waals surface area contributed by atoms with E-state index in [0.717, 1.165) is 0 Å². The number of hydrogen-bond acceptors (Lipinski definition) is 3. The molecular formula is C15H11BrFN3O. The molecule has 0 unspecified atom stereocenters. The van der Waals surface area contributed by atoms with Crippen LogP contribution in [0.25, 0.3) is 5.65 Å². The quantitative estimate of drug-likeness (QED) is 0.791. The molecule has 21 heavy (non-hydrogen) atoms. The molecule has 0 aliphatic carbocycles. The summed E-state index contributed by atoms with van der Waals surface area (Å²) >= 11 is 3.20. The molecule has 2 aromatic heterocycles. The van der Waals surface area contributed by atoms with Gasteiger partial charge in [0.2, 0.25) is 0 Å². The lowest BCUT2D eigenvalue weighted by atomic mass is 10.3. The summed E-state index contributed by atoms with van der Waals surface area (Å²) in [5.74, 6) is -0.359. The van der Waals surface area contributed by atoms with E-state index in [1.54, 1.807) is 30.5 Å². The van der Waals surface area contributed by atoms with Crippen molar-refractivity contribution in [2.45, 2.75) is 6.54 Å². The van der Waals surface area contributed by atoms with Gasteiger partial charge in [0.15, 0.2) is 0 Å². The topological polar surface area (TPSA) is 46.4 Å². The molecule has 0 amide bonds. The molecule has 3 aromatic rings. The molecule has 106 valence electrons. The highest BCUT2D eigenvalue weighted by Crippen LogP contribution is 2.19. The summed E-state index contributed by atoms with van der Waals surface area (Å²) in [6.45, 7) is 0.277. The molecule has 0 spiro atoms. The van der Waals surface area contributed by atoms with Gasteiger partial charge in [-0.05, 0) is 30.3 Å². The summed E-state index contributed by atoms with van der Waals surface area (Å²) in [4.78, 5) is 16.3. The Labute approximate surface area is 128 Å². The average molecular weight is 348 g/mol. The number of rotatable bonds is 3. The molecule has 1 N–H and O–H groups in total. The van der Waals surface area contributed by atoms with Crippen LogP contribution in [-0.4, -0.2) is 9.38 Å². The van der Waals surface area contributed by atoms with E-state index in [4.69, 9.17) is 0 Å². The fraction of sp³-hybridized carbons (Fsp3) is 0.0667. The van der Waals surface area contributed by atoms with Gasteiger partial charge >= 0.3 is 0 Å². The monoisotopic (exact) mass is 347 g/mol. The van der Waals surface area contributed by atoms with E-state index in [1.807, 2.05) is 6.07 Å². The maximum absolute atomic E-state index is 13.7. The van der Waals surface area contributed by atoms with Crippen LogP contribution in [0.1, 0.15) is 5.69 Å². The van der Waals surface area contributed by atoms with Crippen LogP contribution in [-0.2, 0) is 6.54 Å². The second kappa shape index (κ2) is 5.65. The van der Waals surface area contributed by atoms with E-state index in [2.05, 4.69) is 26.2 Å².